The highest BCUT2D eigenvalue weighted by molar-refractivity contribution is 5.89. The standard InChI is InChI=1S/C31H53O4/c1-3-5-7-9-10-11-12-13-14-15-16-17-18-19-20-22-28-34-35-31(32)29-23-25-30(26-24-29)33-27-21-8-6-4-2/h23-26H,1,3-22,27-28H2,2H3. The van der Waals surface area contributed by atoms with E-state index in [4.69, 9.17) is 14.5 Å². The van der Waals surface area contributed by atoms with Crippen molar-refractivity contribution in [2.75, 3.05) is 13.2 Å². The summed E-state index contributed by atoms with van der Waals surface area (Å²) in [4.78, 5) is 22.1. The number of carbonyl (C=O) groups excluding carboxylic acids is 1. The van der Waals surface area contributed by atoms with Gasteiger partial charge in [-0.2, -0.15) is 4.89 Å². The van der Waals surface area contributed by atoms with E-state index in [9.17, 15) is 4.79 Å². The summed E-state index contributed by atoms with van der Waals surface area (Å²) in [5.74, 6) is 0.332. The van der Waals surface area contributed by atoms with E-state index in [0.29, 0.717) is 18.8 Å². The summed E-state index contributed by atoms with van der Waals surface area (Å²) in [5, 5.41) is 0. The number of ether oxygens (including phenoxy) is 1. The summed E-state index contributed by atoms with van der Waals surface area (Å²) >= 11 is 0. The smallest absolute Gasteiger partial charge is 0.373 e. The van der Waals surface area contributed by atoms with Crippen LogP contribution in [0.25, 0.3) is 0 Å². The van der Waals surface area contributed by atoms with Gasteiger partial charge in [0, 0.05) is 0 Å². The van der Waals surface area contributed by atoms with Crippen LogP contribution in [0.3, 0.4) is 0 Å². The fourth-order valence-electron chi connectivity index (χ4n) is 4.19. The molecule has 0 spiro atoms. The molecular formula is C31H53O4. The third kappa shape index (κ3) is 19.3. The molecule has 0 aliphatic carbocycles. The first kappa shape index (κ1) is 31.5. The van der Waals surface area contributed by atoms with E-state index in [1.54, 1.807) is 12.1 Å². The molecular weight excluding hydrogens is 436 g/mol. The normalized spacial score (nSPS) is 11.0. The van der Waals surface area contributed by atoms with Crippen molar-refractivity contribution in [3.63, 3.8) is 0 Å². The monoisotopic (exact) mass is 489 g/mol. The highest BCUT2D eigenvalue weighted by Gasteiger charge is 2.08. The molecule has 1 radical (unpaired) electrons. The summed E-state index contributed by atoms with van der Waals surface area (Å²) in [7, 11) is 0. The van der Waals surface area contributed by atoms with Crippen LogP contribution >= 0.6 is 0 Å². The van der Waals surface area contributed by atoms with Crippen LogP contribution in [0.2, 0.25) is 0 Å². The average Bonchev–Trinajstić information content (AvgIpc) is 2.88. The molecule has 0 saturated heterocycles. The van der Waals surface area contributed by atoms with Crippen molar-refractivity contribution in [3.05, 3.63) is 36.8 Å². The van der Waals surface area contributed by atoms with Crippen molar-refractivity contribution in [2.45, 2.75) is 135 Å². The molecule has 1 aromatic carbocycles. The Morgan fingerprint density at radius 1 is 0.629 bits per heavy atom. The SMILES string of the molecule is [CH2]CCCCCCCCCCCCCCCCCOOC(=O)c1ccc(OCCCCCC)cc1. The molecule has 35 heavy (non-hydrogen) atoms. The average molecular weight is 490 g/mol. The van der Waals surface area contributed by atoms with Gasteiger partial charge < -0.3 is 4.74 Å². The number of benzene rings is 1. The number of hydrogen-bond acceptors (Lipinski definition) is 4. The van der Waals surface area contributed by atoms with Crippen LogP contribution in [0.4, 0.5) is 0 Å². The lowest BCUT2D eigenvalue weighted by molar-refractivity contribution is -0.241. The lowest BCUT2D eigenvalue weighted by Crippen LogP contribution is -2.07. The first-order chi connectivity index (χ1) is 17.3. The molecule has 0 saturated carbocycles. The van der Waals surface area contributed by atoms with Gasteiger partial charge in [-0.15, -0.1) is 0 Å². The van der Waals surface area contributed by atoms with E-state index in [0.717, 1.165) is 31.4 Å². The molecule has 0 bridgehead atoms. The van der Waals surface area contributed by atoms with Gasteiger partial charge >= 0.3 is 5.97 Å². The zero-order chi connectivity index (χ0) is 25.2. The first-order valence-corrected chi connectivity index (χ1v) is 14.6. The van der Waals surface area contributed by atoms with Crippen LogP contribution in [0.1, 0.15) is 146 Å². The fourth-order valence-corrected chi connectivity index (χ4v) is 4.19. The van der Waals surface area contributed by atoms with Crippen LogP contribution in [-0.2, 0) is 9.78 Å². The summed E-state index contributed by atoms with van der Waals surface area (Å²) in [6.07, 6.45) is 25.5. The number of hydrogen-bond donors (Lipinski definition) is 0. The van der Waals surface area contributed by atoms with Crippen LogP contribution in [0, 0.1) is 6.92 Å². The van der Waals surface area contributed by atoms with Crippen molar-refractivity contribution in [1.82, 2.24) is 0 Å². The third-order valence-corrected chi connectivity index (χ3v) is 6.47. The van der Waals surface area contributed by atoms with Gasteiger partial charge in [-0.1, -0.05) is 129 Å². The Labute approximate surface area is 216 Å². The Hall–Kier alpha value is -1.55. The zero-order valence-electron chi connectivity index (χ0n) is 22.7. The highest BCUT2D eigenvalue weighted by Crippen LogP contribution is 2.15. The lowest BCUT2D eigenvalue weighted by atomic mass is 10.0. The Bertz CT molecular complexity index is 584. The molecule has 0 fully saturated rings. The fraction of sp³-hybridized carbons (Fsp3) is 0.742. The molecule has 1 aromatic rings. The molecule has 0 aliphatic rings. The minimum absolute atomic E-state index is 0.450. The molecule has 4 heteroatoms. The topological polar surface area (TPSA) is 44.8 Å². The highest BCUT2D eigenvalue weighted by atomic mass is 17.2. The molecule has 201 valence electrons. The molecule has 0 aliphatic heterocycles. The van der Waals surface area contributed by atoms with Crippen LogP contribution < -0.4 is 4.74 Å². The maximum Gasteiger partial charge on any atom is 0.373 e. The van der Waals surface area contributed by atoms with Crippen LogP contribution in [0.15, 0.2) is 24.3 Å². The van der Waals surface area contributed by atoms with Gasteiger partial charge in [-0.05, 0) is 37.1 Å². The molecule has 0 heterocycles. The molecule has 4 nitrogen and oxygen atoms in total. The van der Waals surface area contributed by atoms with Gasteiger partial charge in [0.25, 0.3) is 0 Å². The van der Waals surface area contributed by atoms with Crippen LogP contribution in [-0.4, -0.2) is 19.2 Å². The maximum absolute atomic E-state index is 12.1. The number of rotatable bonds is 25. The zero-order valence-corrected chi connectivity index (χ0v) is 22.7. The Balaban J connectivity index is 1.87. The van der Waals surface area contributed by atoms with Crippen molar-refractivity contribution in [2.24, 2.45) is 0 Å². The second-order valence-electron chi connectivity index (χ2n) is 9.78. The van der Waals surface area contributed by atoms with E-state index in [1.807, 2.05) is 12.1 Å². The summed E-state index contributed by atoms with van der Waals surface area (Å²) in [6.45, 7) is 7.27. The van der Waals surface area contributed by atoms with E-state index in [2.05, 4.69) is 13.8 Å². The molecule has 0 amide bonds. The first-order valence-electron chi connectivity index (χ1n) is 14.6. The minimum atomic E-state index is -0.450. The Morgan fingerprint density at radius 2 is 1.09 bits per heavy atom. The largest absolute Gasteiger partial charge is 0.494 e. The predicted molar refractivity (Wildman–Crippen MR) is 147 cm³/mol. The summed E-state index contributed by atoms with van der Waals surface area (Å²) in [5.41, 5.74) is 0.480. The minimum Gasteiger partial charge on any atom is -0.494 e. The quantitative estimate of drug-likeness (QED) is 0.0778. The Kier molecular flexibility index (Phi) is 21.7. The second-order valence-corrected chi connectivity index (χ2v) is 9.78. The summed E-state index contributed by atoms with van der Waals surface area (Å²) in [6, 6.07) is 7.06. The molecule has 0 aromatic heterocycles. The predicted octanol–water partition coefficient (Wildman–Crippen LogP) is 9.81. The maximum atomic E-state index is 12.1. The number of unbranched alkanes of at least 4 members (excludes halogenated alkanes) is 18. The lowest BCUT2D eigenvalue weighted by Gasteiger charge is -2.07. The molecule has 0 atom stereocenters. The number of carbonyl (C=O) groups is 1. The van der Waals surface area contributed by atoms with E-state index in [-0.39, 0.29) is 0 Å². The van der Waals surface area contributed by atoms with Gasteiger partial charge in [0.05, 0.1) is 18.8 Å². The van der Waals surface area contributed by atoms with E-state index in [1.165, 1.54) is 103 Å². The van der Waals surface area contributed by atoms with Gasteiger partial charge in [-0.3, -0.25) is 4.89 Å². The molecule has 0 unspecified atom stereocenters. The van der Waals surface area contributed by atoms with Gasteiger partial charge in [0.15, 0.2) is 0 Å². The summed E-state index contributed by atoms with van der Waals surface area (Å²) < 4.78 is 5.70. The van der Waals surface area contributed by atoms with Gasteiger partial charge in [-0.25, -0.2) is 4.79 Å². The van der Waals surface area contributed by atoms with Crippen molar-refractivity contribution in [3.8, 4) is 5.75 Å². The van der Waals surface area contributed by atoms with Crippen molar-refractivity contribution in [1.29, 1.82) is 0 Å². The second kappa shape index (κ2) is 24.2. The van der Waals surface area contributed by atoms with E-state index >= 15 is 0 Å². The van der Waals surface area contributed by atoms with Crippen molar-refractivity contribution >= 4 is 5.97 Å². The molecule has 0 N–H and O–H groups in total. The van der Waals surface area contributed by atoms with Crippen molar-refractivity contribution < 1.29 is 19.3 Å². The Morgan fingerprint density at radius 3 is 1.60 bits per heavy atom. The van der Waals surface area contributed by atoms with Crippen LogP contribution in [0.5, 0.6) is 5.75 Å². The molecule has 1 rings (SSSR count). The third-order valence-electron chi connectivity index (χ3n) is 6.47. The van der Waals surface area contributed by atoms with Gasteiger partial charge in [0.2, 0.25) is 0 Å². The van der Waals surface area contributed by atoms with Gasteiger partial charge in [0.1, 0.15) is 5.75 Å². The van der Waals surface area contributed by atoms with E-state index < -0.39 is 5.97 Å².